The van der Waals surface area contributed by atoms with Crippen LogP contribution in [0.15, 0.2) is 30.6 Å². The summed E-state index contributed by atoms with van der Waals surface area (Å²) in [6, 6.07) is 5.16. The molecule has 1 aliphatic heterocycles. The van der Waals surface area contributed by atoms with Gasteiger partial charge in [-0.3, -0.25) is 9.48 Å². The number of carbonyl (C=O) groups excluding carboxylic acids is 1. The predicted octanol–water partition coefficient (Wildman–Crippen LogP) is 1.43. The van der Waals surface area contributed by atoms with Gasteiger partial charge in [0.05, 0.1) is 24.3 Å². The second kappa shape index (κ2) is 6.97. The summed E-state index contributed by atoms with van der Waals surface area (Å²) < 4.78 is 12.8. The maximum absolute atomic E-state index is 12.3. The number of ether oxygens (including phenoxy) is 2. The molecule has 0 radical (unpaired) electrons. The minimum absolute atomic E-state index is 0.191. The Kier molecular flexibility index (Phi) is 4.78. The molecule has 0 saturated carbocycles. The molecule has 2 atom stereocenters. The molecule has 1 saturated heterocycles. The first-order valence-electron chi connectivity index (χ1n) is 7.29. The van der Waals surface area contributed by atoms with Crippen LogP contribution in [-0.2, 0) is 11.8 Å². The molecule has 122 valence electrons. The van der Waals surface area contributed by atoms with E-state index in [0.29, 0.717) is 30.5 Å². The number of aromatic nitrogens is 3. The molecule has 0 bridgehead atoms. The molecule has 1 fully saturated rings. The summed E-state index contributed by atoms with van der Waals surface area (Å²) in [4.78, 5) is 16.5. The molecular formula is C15H17ClN4O3. The van der Waals surface area contributed by atoms with Crippen LogP contribution in [0.2, 0.25) is 5.02 Å². The van der Waals surface area contributed by atoms with Gasteiger partial charge in [0.1, 0.15) is 6.10 Å². The molecular weight excluding hydrogens is 320 g/mol. The molecule has 2 aromatic heterocycles. The molecule has 1 amide bonds. The number of rotatable bonds is 4. The van der Waals surface area contributed by atoms with Crippen LogP contribution in [0.3, 0.4) is 0 Å². The van der Waals surface area contributed by atoms with Gasteiger partial charge in [0.2, 0.25) is 5.88 Å². The Labute approximate surface area is 138 Å². The number of hydrogen-bond donors (Lipinski definition) is 1. The van der Waals surface area contributed by atoms with E-state index in [2.05, 4.69) is 15.4 Å². The number of aryl methyl sites for hydroxylation is 1. The molecule has 1 aliphatic rings. The highest BCUT2D eigenvalue weighted by molar-refractivity contribution is 6.33. The molecule has 7 nitrogen and oxygen atoms in total. The second-order valence-electron chi connectivity index (χ2n) is 5.27. The van der Waals surface area contributed by atoms with Gasteiger partial charge in [-0.25, -0.2) is 4.98 Å². The molecule has 0 unspecified atom stereocenters. The average molecular weight is 337 g/mol. The Bertz CT molecular complexity index is 677. The van der Waals surface area contributed by atoms with E-state index in [1.54, 1.807) is 25.5 Å². The zero-order valence-corrected chi connectivity index (χ0v) is 13.4. The standard InChI is InChI=1S/C15H17ClN4O3/c1-20-8-10(16)14(19-20)15(21)18-11-9-22-7-5-12(11)23-13-4-2-3-6-17-13/h2-4,6,8,11-12H,5,7,9H2,1H3,(H,18,21)/t11-,12-/m1/s1. The summed E-state index contributed by atoms with van der Waals surface area (Å²) in [5, 5.41) is 7.26. The summed E-state index contributed by atoms with van der Waals surface area (Å²) >= 11 is 6.01. The fourth-order valence-corrected chi connectivity index (χ4v) is 2.68. The van der Waals surface area contributed by atoms with Crippen molar-refractivity contribution >= 4 is 17.5 Å². The Hall–Kier alpha value is -2.12. The molecule has 1 N–H and O–H groups in total. The Morgan fingerprint density at radius 3 is 3.09 bits per heavy atom. The molecule has 2 aromatic rings. The van der Waals surface area contributed by atoms with Gasteiger partial charge in [0.15, 0.2) is 5.69 Å². The van der Waals surface area contributed by atoms with Crippen LogP contribution in [0.1, 0.15) is 16.9 Å². The number of carbonyl (C=O) groups is 1. The number of pyridine rings is 1. The second-order valence-corrected chi connectivity index (χ2v) is 5.67. The molecule has 3 heterocycles. The first kappa shape index (κ1) is 15.8. The van der Waals surface area contributed by atoms with E-state index in [1.807, 2.05) is 12.1 Å². The zero-order valence-electron chi connectivity index (χ0n) is 12.6. The van der Waals surface area contributed by atoms with Crippen molar-refractivity contribution in [3.8, 4) is 5.88 Å². The maximum Gasteiger partial charge on any atom is 0.273 e. The van der Waals surface area contributed by atoms with E-state index in [1.165, 1.54) is 4.68 Å². The van der Waals surface area contributed by atoms with Gasteiger partial charge >= 0.3 is 0 Å². The van der Waals surface area contributed by atoms with E-state index < -0.39 is 0 Å². The van der Waals surface area contributed by atoms with Gasteiger partial charge < -0.3 is 14.8 Å². The Morgan fingerprint density at radius 1 is 1.52 bits per heavy atom. The van der Waals surface area contributed by atoms with E-state index in [9.17, 15) is 4.79 Å². The molecule has 3 rings (SSSR count). The number of nitrogens with one attached hydrogen (secondary N) is 1. The number of halogens is 1. The lowest BCUT2D eigenvalue weighted by atomic mass is 10.1. The monoisotopic (exact) mass is 336 g/mol. The summed E-state index contributed by atoms with van der Waals surface area (Å²) in [7, 11) is 1.71. The summed E-state index contributed by atoms with van der Waals surface area (Å²) in [6.07, 6.45) is 3.69. The highest BCUT2D eigenvalue weighted by Gasteiger charge is 2.30. The predicted molar refractivity (Wildman–Crippen MR) is 83.6 cm³/mol. The SMILES string of the molecule is Cn1cc(Cl)c(C(=O)N[C@@H]2COCC[C@H]2Oc2ccccn2)n1. The van der Waals surface area contributed by atoms with Crippen molar-refractivity contribution in [2.75, 3.05) is 13.2 Å². The number of hydrogen-bond acceptors (Lipinski definition) is 5. The number of nitrogens with zero attached hydrogens (tertiary/aromatic N) is 3. The van der Waals surface area contributed by atoms with Gasteiger partial charge in [-0.1, -0.05) is 17.7 Å². The first-order chi connectivity index (χ1) is 11.1. The van der Waals surface area contributed by atoms with Crippen LogP contribution in [0.4, 0.5) is 0 Å². The normalized spacial score (nSPS) is 21.0. The van der Waals surface area contributed by atoms with Crippen molar-refractivity contribution in [3.63, 3.8) is 0 Å². The average Bonchev–Trinajstić information content (AvgIpc) is 2.89. The van der Waals surface area contributed by atoms with Crippen LogP contribution in [-0.4, -0.2) is 46.0 Å². The van der Waals surface area contributed by atoms with Crippen LogP contribution >= 0.6 is 11.6 Å². The topological polar surface area (TPSA) is 78.3 Å². The third-order valence-corrected chi connectivity index (χ3v) is 3.80. The van der Waals surface area contributed by atoms with Crippen LogP contribution < -0.4 is 10.1 Å². The van der Waals surface area contributed by atoms with Gasteiger partial charge in [-0.05, 0) is 6.07 Å². The molecule has 8 heteroatoms. The van der Waals surface area contributed by atoms with Crippen molar-refractivity contribution < 1.29 is 14.3 Å². The van der Waals surface area contributed by atoms with Gasteiger partial charge in [-0.2, -0.15) is 5.10 Å². The minimum Gasteiger partial charge on any atom is -0.472 e. The molecule has 0 aromatic carbocycles. The van der Waals surface area contributed by atoms with Crippen molar-refractivity contribution in [3.05, 3.63) is 41.3 Å². The fourth-order valence-electron chi connectivity index (χ4n) is 2.42. The highest BCUT2D eigenvalue weighted by atomic mass is 35.5. The summed E-state index contributed by atoms with van der Waals surface area (Å²) in [5.74, 6) is 0.176. The zero-order chi connectivity index (χ0) is 16.2. The van der Waals surface area contributed by atoms with Gasteiger partial charge in [0.25, 0.3) is 5.91 Å². The fraction of sp³-hybridized carbons (Fsp3) is 0.400. The summed E-state index contributed by atoms with van der Waals surface area (Å²) in [5.41, 5.74) is 0.191. The van der Waals surface area contributed by atoms with E-state index in [-0.39, 0.29) is 23.7 Å². The summed E-state index contributed by atoms with van der Waals surface area (Å²) in [6.45, 7) is 0.946. The van der Waals surface area contributed by atoms with Crippen molar-refractivity contribution in [1.82, 2.24) is 20.1 Å². The highest BCUT2D eigenvalue weighted by Crippen LogP contribution is 2.18. The minimum atomic E-state index is -0.347. The quantitative estimate of drug-likeness (QED) is 0.914. The Balaban J connectivity index is 1.69. The largest absolute Gasteiger partial charge is 0.472 e. The van der Waals surface area contributed by atoms with Crippen molar-refractivity contribution in [1.29, 1.82) is 0 Å². The third kappa shape index (κ3) is 3.80. The van der Waals surface area contributed by atoms with Gasteiger partial charge in [0, 0.05) is 31.9 Å². The third-order valence-electron chi connectivity index (χ3n) is 3.52. The van der Waals surface area contributed by atoms with Crippen molar-refractivity contribution in [2.45, 2.75) is 18.6 Å². The van der Waals surface area contributed by atoms with E-state index in [0.717, 1.165) is 0 Å². The van der Waals surface area contributed by atoms with Gasteiger partial charge in [-0.15, -0.1) is 0 Å². The lowest BCUT2D eigenvalue weighted by Crippen LogP contribution is -2.52. The van der Waals surface area contributed by atoms with Crippen molar-refractivity contribution in [2.24, 2.45) is 7.05 Å². The number of amides is 1. The lowest BCUT2D eigenvalue weighted by molar-refractivity contribution is -0.00455. The maximum atomic E-state index is 12.3. The van der Waals surface area contributed by atoms with E-state index >= 15 is 0 Å². The molecule has 23 heavy (non-hydrogen) atoms. The molecule has 0 spiro atoms. The lowest BCUT2D eigenvalue weighted by Gasteiger charge is -2.31. The smallest absolute Gasteiger partial charge is 0.273 e. The first-order valence-corrected chi connectivity index (χ1v) is 7.66. The van der Waals surface area contributed by atoms with Crippen LogP contribution in [0, 0.1) is 0 Å². The van der Waals surface area contributed by atoms with E-state index in [4.69, 9.17) is 21.1 Å². The molecule has 0 aliphatic carbocycles. The van der Waals surface area contributed by atoms with Crippen LogP contribution in [0.25, 0.3) is 0 Å². The Morgan fingerprint density at radius 2 is 2.39 bits per heavy atom. The van der Waals surface area contributed by atoms with Crippen LogP contribution in [0.5, 0.6) is 5.88 Å².